The Hall–Kier alpha value is -0.430. The largest absolute Gasteiger partial charge is 0.323 e. The minimum atomic E-state index is -4.02. The van der Waals surface area contributed by atoms with E-state index in [9.17, 15) is 8.42 Å². The van der Waals surface area contributed by atoms with Gasteiger partial charge in [0.15, 0.2) is 0 Å². The maximum absolute atomic E-state index is 10.5. The second-order valence-electron chi connectivity index (χ2n) is 2.91. The molecule has 78 valence electrons. The normalized spacial score (nSPS) is 13.9. The zero-order valence-corrected chi connectivity index (χ0v) is 9.62. The topological polar surface area (TPSA) is 80.4 Å². The first-order chi connectivity index (χ1) is 6.38. The summed E-state index contributed by atoms with van der Waals surface area (Å²) in [5, 5.41) is 0. The van der Waals surface area contributed by atoms with Crippen molar-refractivity contribution >= 4 is 26.0 Å². The van der Waals surface area contributed by atoms with Gasteiger partial charge in [0.1, 0.15) is 0 Å². The zero-order chi connectivity index (χ0) is 10.8. The molecule has 1 aromatic carbocycles. The van der Waals surface area contributed by atoms with E-state index in [0.29, 0.717) is 5.56 Å². The van der Waals surface area contributed by atoms with E-state index in [2.05, 4.69) is 15.9 Å². The third-order valence-corrected chi connectivity index (χ3v) is 3.00. The van der Waals surface area contributed by atoms with E-state index in [1.54, 1.807) is 24.3 Å². The molecule has 6 heteroatoms. The lowest BCUT2D eigenvalue weighted by molar-refractivity contribution is 0.478. The van der Waals surface area contributed by atoms with Gasteiger partial charge in [-0.25, -0.2) is 0 Å². The third-order valence-electron chi connectivity index (χ3n) is 1.69. The Labute approximate surface area is 91.0 Å². The van der Waals surface area contributed by atoms with Gasteiger partial charge in [-0.05, 0) is 17.7 Å². The van der Waals surface area contributed by atoms with Crippen LogP contribution in [-0.2, 0) is 10.1 Å². The van der Waals surface area contributed by atoms with E-state index in [1.165, 1.54) is 0 Å². The van der Waals surface area contributed by atoms with E-state index >= 15 is 0 Å². The van der Waals surface area contributed by atoms with Crippen molar-refractivity contribution in [3.05, 3.63) is 34.3 Å². The lowest BCUT2D eigenvalue weighted by Gasteiger charge is -2.09. The van der Waals surface area contributed by atoms with E-state index in [0.717, 1.165) is 4.47 Å². The van der Waals surface area contributed by atoms with Crippen LogP contribution < -0.4 is 5.73 Å². The summed E-state index contributed by atoms with van der Waals surface area (Å²) in [6.45, 7) is 0. The Morgan fingerprint density at radius 2 is 1.86 bits per heavy atom. The molecule has 0 saturated heterocycles. The van der Waals surface area contributed by atoms with Crippen molar-refractivity contribution in [2.75, 3.05) is 5.75 Å². The zero-order valence-electron chi connectivity index (χ0n) is 7.22. The number of rotatable bonds is 3. The van der Waals surface area contributed by atoms with Crippen LogP contribution >= 0.6 is 15.9 Å². The smallest absolute Gasteiger partial charge is 0.266 e. The first-order valence-electron chi connectivity index (χ1n) is 3.85. The fourth-order valence-corrected chi connectivity index (χ4v) is 1.94. The average molecular weight is 280 g/mol. The quantitative estimate of drug-likeness (QED) is 0.819. The van der Waals surface area contributed by atoms with Crippen molar-refractivity contribution in [1.29, 1.82) is 0 Å². The summed E-state index contributed by atoms with van der Waals surface area (Å²) in [7, 11) is -4.02. The highest BCUT2D eigenvalue weighted by molar-refractivity contribution is 9.10. The predicted octanol–water partition coefficient (Wildman–Crippen LogP) is 1.34. The third kappa shape index (κ3) is 3.75. The molecule has 0 aliphatic rings. The fourth-order valence-electron chi connectivity index (χ4n) is 1.03. The van der Waals surface area contributed by atoms with Gasteiger partial charge in [-0.15, -0.1) is 0 Å². The van der Waals surface area contributed by atoms with Gasteiger partial charge in [-0.1, -0.05) is 28.1 Å². The minimum absolute atomic E-state index is 0.464. The van der Waals surface area contributed by atoms with E-state index < -0.39 is 21.9 Å². The van der Waals surface area contributed by atoms with Gasteiger partial charge < -0.3 is 5.73 Å². The number of benzene rings is 1. The second kappa shape index (κ2) is 4.39. The van der Waals surface area contributed by atoms with Gasteiger partial charge in [-0.2, -0.15) is 8.42 Å². The molecule has 0 bridgehead atoms. The van der Waals surface area contributed by atoms with Crippen molar-refractivity contribution in [2.45, 2.75) is 6.04 Å². The van der Waals surface area contributed by atoms with Crippen molar-refractivity contribution in [2.24, 2.45) is 5.73 Å². The van der Waals surface area contributed by atoms with Gasteiger partial charge in [0.25, 0.3) is 10.1 Å². The van der Waals surface area contributed by atoms with Gasteiger partial charge in [0.2, 0.25) is 0 Å². The molecule has 0 heterocycles. The SMILES string of the molecule is NC(CS(=O)(=O)O)c1ccc(Br)cc1. The van der Waals surface area contributed by atoms with Crippen LogP contribution in [0.1, 0.15) is 11.6 Å². The Kier molecular flexibility index (Phi) is 3.65. The van der Waals surface area contributed by atoms with Crippen LogP contribution in [0.3, 0.4) is 0 Å². The van der Waals surface area contributed by atoms with Gasteiger partial charge >= 0.3 is 0 Å². The van der Waals surface area contributed by atoms with Gasteiger partial charge in [0.05, 0.1) is 5.75 Å². The first kappa shape index (κ1) is 11.6. The molecule has 0 aliphatic heterocycles. The molecule has 1 atom stereocenters. The Morgan fingerprint density at radius 3 is 2.29 bits per heavy atom. The molecular formula is C8H10BrNO3S. The first-order valence-corrected chi connectivity index (χ1v) is 6.25. The number of nitrogens with two attached hydrogens (primary N) is 1. The summed E-state index contributed by atoms with van der Waals surface area (Å²) in [6.07, 6.45) is 0. The van der Waals surface area contributed by atoms with E-state index in [-0.39, 0.29) is 0 Å². The maximum Gasteiger partial charge on any atom is 0.266 e. The fraction of sp³-hybridized carbons (Fsp3) is 0.250. The Balaban J connectivity index is 2.80. The van der Waals surface area contributed by atoms with Crippen LogP contribution in [-0.4, -0.2) is 18.7 Å². The summed E-state index contributed by atoms with van der Waals surface area (Å²) in [4.78, 5) is 0. The number of hydrogen-bond acceptors (Lipinski definition) is 3. The summed E-state index contributed by atoms with van der Waals surface area (Å²) in [5.74, 6) is -0.464. The highest BCUT2D eigenvalue weighted by atomic mass is 79.9. The lowest BCUT2D eigenvalue weighted by atomic mass is 10.1. The van der Waals surface area contributed by atoms with Crippen molar-refractivity contribution in [3.63, 3.8) is 0 Å². The molecule has 14 heavy (non-hydrogen) atoms. The van der Waals surface area contributed by atoms with Crippen LogP contribution in [0, 0.1) is 0 Å². The van der Waals surface area contributed by atoms with Gasteiger partial charge in [-0.3, -0.25) is 4.55 Å². The Bertz CT molecular complexity index is 401. The molecule has 1 aromatic rings. The summed E-state index contributed by atoms with van der Waals surface area (Å²) >= 11 is 3.25. The molecule has 0 saturated carbocycles. The van der Waals surface area contributed by atoms with E-state index in [1.807, 2.05) is 0 Å². The highest BCUT2D eigenvalue weighted by Crippen LogP contribution is 2.16. The van der Waals surface area contributed by atoms with Crippen LogP contribution in [0.25, 0.3) is 0 Å². The molecule has 0 spiro atoms. The standard InChI is InChI=1S/C8H10BrNO3S/c9-7-3-1-6(2-4-7)8(10)5-14(11,12)13/h1-4,8H,5,10H2,(H,11,12,13). The summed E-state index contributed by atoms with van der Waals surface area (Å²) < 4.78 is 30.6. The number of halogens is 1. The molecule has 0 aromatic heterocycles. The van der Waals surface area contributed by atoms with Crippen LogP contribution in [0.5, 0.6) is 0 Å². The van der Waals surface area contributed by atoms with Crippen molar-refractivity contribution in [3.8, 4) is 0 Å². The predicted molar refractivity (Wildman–Crippen MR) is 57.5 cm³/mol. The van der Waals surface area contributed by atoms with Crippen LogP contribution in [0.15, 0.2) is 28.7 Å². The maximum atomic E-state index is 10.5. The molecular weight excluding hydrogens is 270 g/mol. The van der Waals surface area contributed by atoms with Gasteiger partial charge in [0, 0.05) is 10.5 Å². The highest BCUT2D eigenvalue weighted by Gasteiger charge is 2.14. The minimum Gasteiger partial charge on any atom is -0.323 e. The molecule has 0 fully saturated rings. The monoisotopic (exact) mass is 279 g/mol. The molecule has 4 nitrogen and oxygen atoms in total. The molecule has 1 rings (SSSR count). The molecule has 0 radical (unpaired) electrons. The molecule has 3 N–H and O–H groups in total. The number of hydrogen-bond donors (Lipinski definition) is 2. The summed E-state index contributed by atoms with van der Waals surface area (Å²) in [6, 6.07) is 6.25. The van der Waals surface area contributed by atoms with Crippen molar-refractivity contribution in [1.82, 2.24) is 0 Å². The average Bonchev–Trinajstić information content (AvgIpc) is 2.02. The second-order valence-corrected chi connectivity index (χ2v) is 5.32. The van der Waals surface area contributed by atoms with Crippen LogP contribution in [0.2, 0.25) is 0 Å². The molecule has 1 unspecified atom stereocenters. The summed E-state index contributed by atoms with van der Waals surface area (Å²) in [5.41, 5.74) is 6.25. The lowest BCUT2D eigenvalue weighted by Crippen LogP contribution is -2.20. The molecule has 0 aliphatic carbocycles. The van der Waals surface area contributed by atoms with E-state index in [4.69, 9.17) is 10.3 Å². The van der Waals surface area contributed by atoms with Crippen LogP contribution in [0.4, 0.5) is 0 Å². The van der Waals surface area contributed by atoms with Crippen molar-refractivity contribution < 1.29 is 13.0 Å². The molecule has 0 amide bonds. The Morgan fingerprint density at radius 1 is 1.36 bits per heavy atom.